The molecule has 0 aromatic rings. The van der Waals surface area contributed by atoms with Crippen molar-refractivity contribution in [2.45, 2.75) is 71.7 Å². The molecule has 0 saturated heterocycles. The summed E-state index contributed by atoms with van der Waals surface area (Å²) in [4.78, 5) is 0. The van der Waals surface area contributed by atoms with Crippen molar-refractivity contribution in [3.05, 3.63) is 0 Å². The SMILES string of the molecule is CC(C)(C)C1CCCCC1(C#N)O[Si](C)(C)C. The van der Waals surface area contributed by atoms with Crippen LogP contribution in [0.1, 0.15) is 46.5 Å². The molecule has 0 heterocycles. The molecule has 2 nitrogen and oxygen atoms in total. The van der Waals surface area contributed by atoms with Crippen LogP contribution in [-0.2, 0) is 4.43 Å². The fourth-order valence-electron chi connectivity index (χ4n) is 3.10. The van der Waals surface area contributed by atoms with E-state index in [1.807, 2.05) is 0 Å². The van der Waals surface area contributed by atoms with E-state index in [1.54, 1.807) is 0 Å². The van der Waals surface area contributed by atoms with Gasteiger partial charge < -0.3 is 4.43 Å². The second kappa shape index (κ2) is 4.74. The zero-order valence-corrected chi connectivity index (χ0v) is 13.3. The average molecular weight is 253 g/mol. The second-order valence-electron chi connectivity index (χ2n) is 7.38. The maximum Gasteiger partial charge on any atom is 0.185 e. The standard InChI is InChI=1S/C14H27NOSi/c1-13(2,3)12-9-7-8-10-14(12,11-15)16-17(4,5)6/h12H,7-10H2,1-6H3. The Balaban J connectivity index is 3.05. The van der Waals surface area contributed by atoms with E-state index in [9.17, 15) is 5.26 Å². The number of hydrogen-bond donors (Lipinski definition) is 0. The third kappa shape index (κ3) is 3.56. The lowest BCUT2D eigenvalue weighted by molar-refractivity contribution is -0.0323. The third-order valence-electron chi connectivity index (χ3n) is 3.58. The molecular formula is C14H27NOSi. The smallest absolute Gasteiger partial charge is 0.185 e. The van der Waals surface area contributed by atoms with Crippen LogP contribution in [-0.4, -0.2) is 13.9 Å². The summed E-state index contributed by atoms with van der Waals surface area (Å²) in [6, 6.07) is 2.54. The Morgan fingerprint density at radius 2 is 1.82 bits per heavy atom. The summed E-state index contributed by atoms with van der Waals surface area (Å²) in [6.45, 7) is 13.3. The predicted molar refractivity (Wildman–Crippen MR) is 74.2 cm³/mol. The van der Waals surface area contributed by atoms with Gasteiger partial charge in [-0.1, -0.05) is 27.2 Å². The van der Waals surface area contributed by atoms with E-state index >= 15 is 0 Å². The molecule has 0 aromatic heterocycles. The molecule has 1 aliphatic carbocycles. The first-order valence-corrected chi connectivity index (χ1v) is 10.1. The highest BCUT2D eigenvalue weighted by Crippen LogP contribution is 2.47. The molecule has 2 unspecified atom stereocenters. The largest absolute Gasteiger partial charge is 0.400 e. The zero-order valence-electron chi connectivity index (χ0n) is 12.3. The van der Waals surface area contributed by atoms with Crippen LogP contribution < -0.4 is 0 Å². The van der Waals surface area contributed by atoms with Crippen LogP contribution in [0, 0.1) is 22.7 Å². The van der Waals surface area contributed by atoms with Gasteiger partial charge in [0.1, 0.15) is 5.60 Å². The van der Waals surface area contributed by atoms with Gasteiger partial charge in [-0.3, -0.25) is 0 Å². The Hall–Kier alpha value is -0.333. The monoisotopic (exact) mass is 253 g/mol. The minimum absolute atomic E-state index is 0.149. The van der Waals surface area contributed by atoms with Crippen molar-refractivity contribution in [2.75, 3.05) is 0 Å². The molecule has 0 aromatic carbocycles. The van der Waals surface area contributed by atoms with Crippen LogP contribution >= 0.6 is 0 Å². The highest BCUT2D eigenvalue weighted by molar-refractivity contribution is 6.69. The molecular weight excluding hydrogens is 226 g/mol. The van der Waals surface area contributed by atoms with Crippen molar-refractivity contribution in [2.24, 2.45) is 11.3 Å². The van der Waals surface area contributed by atoms with Gasteiger partial charge in [0.2, 0.25) is 0 Å². The Kier molecular flexibility index (Phi) is 4.11. The molecule has 0 amide bonds. The van der Waals surface area contributed by atoms with E-state index in [4.69, 9.17) is 4.43 Å². The van der Waals surface area contributed by atoms with Gasteiger partial charge in [-0.25, -0.2) is 0 Å². The van der Waals surface area contributed by atoms with Crippen LogP contribution in [0.4, 0.5) is 0 Å². The lowest BCUT2D eigenvalue weighted by Gasteiger charge is -2.48. The van der Waals surface area contributed by atoms with Crippen LogP contribution in [0.3, 0.4) is 0 Å². The predicted octanol–water partition coefficient (Wildman–Crippen LogP) is 4.34. The van der Waals surface area contributed by atoms with Gasteiger partial charge in [0.05, 0.1) is 6.07 Å². The van der Waals surface area contributed by atoms with Crippen molar-refractivity contribution in [3.8, 4) is 6.07 Å². The van der Waals surface area contributed by atoms with Crippen LogP contribution in [0.5, 0.6) is 0 Å². The fourth-order valence-corrected chi connectivity index (χ4v) is 4.48. The fraction of sp³-hybridized carbons (Fsp3) is 0.929. The normalized spacial score (nSPS) is 31.0. The summed E-state index contributed by atoms with van der Waals surface area (Å²) in [5.41, 5.74) is -0.378. The highest BCUT2D eigenvalue weighted by atomic mass is 28.4. The van der Waals surface area contributed by atoms with E-state index < -0.39 is 13.9 Å². The second-order valence-corrected chi connectivity index (χ2v) is 11.8. The van der Waals surface area contributed by atoms with Gasteiger partial charge in [0.15, 0.2) is 8.32 Å². The van der Waals surface area contributed by atoms with E-state index in [-0.39, 0.29) is 5.41 Å². The van der Waals surface area contributed by atoms with Crippen molar-refractivity contribution >= 4 is 8.32 Å². The highest BCUT2D eigenvalue weighted by Gasteiger charge is 2.49. The van der Waals surface area contributed by atoms with E-state index in [2.05, 4.69) is 46.5 Å². The van der Waals surface area contributed by atoms with Crippen molar-refractivity contribution in [1.82, 2.24) is 0 Å². The quantitative estimate of drug-likeness (QED) is 0.686. The minimum Gasteiger partial charge on any atom is -0.400 e. The van der Waals surface area contributed by atoms with E-state index in [1.165, 1.54) is 6.42 Å². The van der Waals surface area contributed by atoms with Gasteiger partial charge in [0, 0.05) is 5.92 Å². The van der Waals surface area contributed by atoms with Gasteiger partial charge in [-0.2, -0.15) is 5.26 Å². The molecule has 1 aliphatic rings. The molecule has 0 aliphatic heterocycles. The minimum atomic E-state index is -1.68. The topological polar surface area (TPSA) is 33.0 Å². The molecule has 0 N–H and O–H groups in total. The van der Waals surface area contributed by atoms with Crippen molar-refractivity contribution in [3.63, 3.8) is 0 Å². The number of nitrogens with zero attached hydrogens (tertiary/aromatic N) is 1. The Morgan fingerprint density at radius 3 is 2.24 bits per heavy atom. The first-order valence-electron chi connectivity index (χ1n) is 6.72. The molecule has 3 heteroatoms. The third-order valence-corrected chi connectivity index (χ3v) is 4.55. The van der Waals surface area contributed by atoms with Crippen LogP contribution in [0.2, 0.25) is 19.6 Å². The maximum absolute atomic E-state index is 9.69. The molecule has 17 heavy (non-hydrogen) atoms. The maximum atomic E-state index is 9.69. The summed E-state index contributed by atoms with van der Waals surface area (Å²) in [5.74, 6) is 0.362. The van der Waals surface area contributed by atoms with Gasteiger partial charge in [-0.15, -0.1) is 0 Å². The molecule has 1 fully saturated rings. The summed E-state index contributed by atoms with van der Waals surface area (Å²) in [7, 11) is -1.68. The average Bonchev–Trinajstić information content (AvgIpc) is 2.14. The number of rotatable bonds is 2. The molecule has 2 atom stereocenters. The van der Waals surface area contributed by atoms with E-state index in [0.717, 1.165) is 19.3 Å². The van der Waals surface area contributed by atoms with Gasteiger partial charge in [0.25, 0.3) is 0 Å². The summed E-state index contributed by atoms with van der Waals surface area (Å²) in [5, 5.41) is 9.69. The Bertz CT molecular complexity index is 308. The number of nitriles is 1. The summed E-state index contributed by atoms with van der Waals surface area (Å²) >= 11 is 0. The lowest BCUT2D eigenvalue weighted by atomic mass is 9.64. The summed E-state index contributed by atoms with van der Waals surface area (Å²) in [6.07, 6.45) is 4.41. The van der Waals surface area contributed by atoms with Gasteiger partial charge >= 0.3 is 0 Å². The summed E-state index contributed by atoms with van der Waals surface area (Å²) < 4.78 is 6.33. The molecule has 0 radical (unpaired) electrons. The van der Waals surface area contributed by atoms with Gasteiger partial charge in [-0.05, 0) is 44.3 Å². The molecule has 1 rings (SSSR count). The Labute approximate surface area is 107 Å². The number of hydrogen-bond acceptors (Lipinski definition) is 2. The van der Waals surface area contributed by atoms with Crippen LogP contribution in [0.15, 0.2) is 0 Å². The lowest BCUT2D eigenvalue weighted by Crippen LogP contribution is -2.52. The Morgan fingerprint density at radius 1 is 1.24 bits per heavy atom. The first kappa shape index (κ1) is 14.7. The zero-order chi connectivity index (χ0) is 13.3. The molecule has 98 valence electrons. The first-order chi connectivity index (χ1) is 7.61. The molecule has 1 saturated carbocycles. The molecule has 0 bridgehead atoms. The molecule has 0 spiro atoms. The van der Waals surface area contributed by atoms with Crippen molar-refractivity contribution < 1.29 is 4.43 Å². The van der Waals surface area contributed by atoms with E-state index in [0.29, 0.717) is 5.92 Å². The van der Waals surface area contributed by atoms with Crippen LogP contribution in [0.25, 0.3) is 0 Å². The van der Waals surface area contributed by atoms with Crippen molar-refractivity contribution in [1.29, 1.82) is 5.26 Å².